The molecule has 0 unspecified atom stereocenters. The number of benzene rings is 1. The third kappa shape index (κ3) is 2.35. The van der Waals surface area contributed by atoms with Crippen LogP contribution in [-0.4, -0.2) is 16.1 Å². The summed E-state index contributed by atoms with van der Waals surface area (Å²) in [7, 11) is 0. The zero-order valence-corrected chi connectivity index (χ0v) is 10.1. The van der Waals surface area contributed by atoms with Gasteiger partial charge in [0.05, 0.1) is 4.88 Å². The van der Waals surface area contributed by atoms with Gasteiger partial charge in [0.25, 0.3) is 0 Å². The number of thiazole rings is 1. The summed E-state index contributed by atoms with van der Waals surface area (Å²) < 4.78 is 0. The molecule has 0 aliphatic heterocycles. The summed E-state index contributed by atoms with van der Waals surface area (Å²) in [5.41, 5.74) is 7.65. The number of carboxylic acid groups (broad SMARTS) is 1. The number of nitrogens with two attached hydrogens (primary N) is 1. The van der Waals surface area contributed by atoms with Gasteiger partial charge in [-0.3, -0.25) is 0 Å². The molecule has 1 aromatic carbocycles. The maximum atomic E-state index is 11.0. The van der Waals surface area contributed by atoms with Crippen molar-refractivity contribution in [2.45, 2.75) is 13.5 Å². The fourth-order valence-electron chi connectivity index (χ4n) is 1.48. The van der Waals surface area contributed by atoms with Crippen molar-refractivity contribution in [3.63, 3.8) is 0 Å². The van der Waals surface area contributed by atoms with E-state index in [0.29, 0.717) is 9.88 Å². The van der Waals surface area contributed by atoms with Gasteiger partial charge in [-0.25, -0.2) is 9.78 Å². The second-order valence-corrected chi connectivity index (χ2v) is 4.75. The van der Waals surface area contributed by atoms with Gasteiger partial charge < -0.3 is 10.8 Å². The van der Waals surface area contributed by atoms with Crippen LogP contribution in [-0.2, 0) is 6.54 Å². The number of carboxylic acids is 1. The molecule has 0 amide bonds. The molecule has 4 nitrogen and oxygen atoms in total. The average Bonchev–Trinajstić information content (AvgIpc) is 2.74. The normalized spacial score (nSPS) is 10.5. The molecule has 0 aliphatic carbocycles. The number of aryl methyl sites for hydroxylation is 1. The van der Waals surface area contributed by atoms with Crippen LogP contribution in [0, 0.1) is 6.92 Å². The van der Waals surface area contributed by atoms with Gasteiger partial charge in [-0.2, -0.15) is 0 Å². The van der Waals surface area contributed by atoms with E-state index in [1.807, 2.05) is 31.2 Å². The van der Waals surface area contributed by atoms with Gasteiger partial charge in [0, 0.05) is 12.1 Å². The van der Waals surface area contributed by atoms with Crippen LogP contribution in [0.25, 0.3) is 10.6 Å². The molecule has 88 valence electrons. The molecule has 0 bridgehead atoms. The third-order valence-electron chi connectivity index (χ3n) is 2.38. The molecular formula is C12H12N2O2S. The summed E-state index contributed by atoms with van der Waals surface area (Å²) in [6.45, 7) is 2.20. The van der Waals surface area contributed by atoms with Crippen molar-refractivity contribution >= 4 is 17.3 Å². The Hall–Kier alpha value is -1.72. The second-order valence-electron chi connectivity index (χ2n) is 3.67. The predicted molar refractivity (Wildman–Crippen MR) is 67.1 cm³/mol. The van der Waals surface area contributed by atoms with Crippen LogP contribution in [0.4, 0.5) is 0 Å². The number of nitrogens with zero attached hydrogens (tertiary/aromatic N) is 1. The molecule has 0 atom stereocenters. The van der Waals surface area contributed by atoms with Gasteiger partial charge in [0.15, 0.2) is 5.69 Å². The second kappa shape index (κ2) is 4.65. The number of rotatable bonds is 3. The first-order chi connectivity index (χ1) is 8.11. The Balaban J connectivity index is 2.46. The van der Waals surface area contributed by atoms with Gasteiger partial charge in [-0.05, 0) is 6.92 Å². The quantitative estimate of drug-likeness (QED) is 0.873. The van der Waals surface area contributed by atoms with E-state index in [0.717, 1.165) is 11.1 Å². The molecule has 5 heteroatoms. The molecule has 0 radical (unpaired) electrons. The summed E-state index contributed by atoms with van der Waals surface area (Å²) in [6.07, 6.45) is 0. The molecule has 0 saturated heterocycles. The molecule has 2 aromatic rings. The van der Waals surface area contributed by atoms with E-state index < -0.39 is 5.97 Å². The van der Waals surface area contributed by atoms with E-state index in [1.54, 1.807) is 0 Å². The lowest BCUT2D eigenvalue weighted by molar-refractivity contribution is 0.0690. The van der Waals surface area contributed by atoms with Crippen molar-refractivity contribution in [1.29, 1.82) is 0 Å². The third-order valence-corrected chi connectivity index (χ3v) is 3.51. The van der Waals surface area contributed by atoms with Gasteiger partial charge in [0.2, 0.25) is 0 Å². The SMILES string of the molecule is Cc1ccc(-c2nc(C(=O)O)c(CN)s2)cc1. The first-order valence-corrected chi connectivity index (χ1v) is 5.93. The van der Waals surface area contributed by atoms with E-state index in [9.17, 15) is 4.79 Å². The van der Waals surface area contributed by atoms with Gasteiger partial charge in [-0.1, -0.05) is 29.8 Å². The standard InChI is InChI=1S/C12H12N2O2S/c1-7-2-4-8(5-3-7)11-14-10(12(15)16)9(6-13)17-11/h2-5H,6,13H2,1H3,(H,15,16). The number of aromatic nitrogens is 1. The topological polar surface area (TPSA) is 76.2 Å². The summed E-state index contributed by atoms with van der Waals surface area (Å²) in [6, 6.07) is 7.80. The summed E-state index contributed by atoms with van der Waals surface area (Å²) in [5, 5.41) is 9.69. The van der Waals surface area contributed by atoms with Gasteiger partial charge in [-0.15, -0.1) is 11.3 Å². The predicted octanol–water partition coefficient (Wildman–Crippen LogP) is 2.28. The number of hydrogen-bond donors (Lipinski definition) is 2. The Kier molecular flexibility index (Phi) is 3.21. The van der Waals surface area contributed by atoms with Crippen LogP contribution in [0.5, 0.6) is 0 Å². The Morgan fingerprint density at radius 2 is 2.06 bits per heavy atom. The lowest BCUT2D eigenvalue weighted by Crippen LogP contribution is -2.04. The van der Waals surface area contributed by atoms with E-state index in [-0.39, 0.29) is 12.2 Å². The molecule has 3 N–H and O–H groups in total. The summed E-state index contributed by atoms with van der Waals surface area (Å²) in [5.74, 6) is -1.03. The molecule has 1 aromatic heterocycles. The zero-order valence-electron chi connectivity index (χ0n) is 9.30. The minimum atomic E-state index is -1.03. The maximum absolute atomic E-state index is 11.0. The summed E-state index contributed by atoms with van der Waals surface area (Å²) in [4.78, 5) is 15.7. The van der Waals surface area contributed by atoms with Crippen molar-refractivity contribution in [2.24, 2.45) is 5.73 Å². The highest BCUT2D eigenvalue weighted by Crippen LogP contribution is 2.28. The van der Waals surface area contributed by atoms with Crippen LogP contribution >= 0.6 is 11.3 Å². The molecule has 17 heavy (non-hydrogen) atoms. The highest BCUT2D eigenvalue weighted by Gasteiger charge is 2.16. The van der Waals surface area contributed by atoms with Crippen molar-refractivity contribution in [1.82, 2.24) is 4.98 Å². The molecule has 0 spiro atoms. The fourth-order valence-corrected chi connectivity index (χ4v) is 2.41. The minimum absolute atomic E-state index is 0.0630. The fraction of sp³-hybridized carbons (Fsp3) is 0.167. The van der Waals surface area contributed by atoms with Crippen molar-refractivity contribution in [2.75, 3.05) is 0 Å². The number of carbonyl (C=O) groups is 1. The highest BCUT2D eigenvalue weighted by molar-refractivity contribution is 7.15. The Bertz CT molecular complexity index is 546. The Labute approximate surface area is 103 Å². The van der Waals surface area contributed by atoms with Crippen molar-refractivity contribution < 1.29 is 9.90 Å². The van der Waals surface area contributed by atoms with Crippen LogP contribution < -0.4 is 5.73 Å². The highest BCUT2D eigenvalue weighted by atomic mass is 32.1. The first-order valence-electron chi connectivity index (χ1n) is 5.12. The molecule has 0 fully saturated rings. The Morgan fingerprint density at radius 1 is 1.41 bits per heavy atom. The first kappa shape index (κ1) is 11.8. The zero-order chi connectivity index (χ0) is 12.4. The van der Waals surface area contributed by atoms with E-state index in [1.165, 1.54) is 11.3 Å². The van der Waals surface area contributed by atoms with Crippen molar-refractivity contribution in [3.05, 3.63) is 40.4 Å². The lowest BCUT2D eigenvalue weighted by Gasteiger charge is -1.96. The van der Waals surface area contributed by atoms with Crippen LogP contribution in [0.15, 0.2) is 24.3 Å². The van der Waals surface area contributed by atoms with Gasteiger partial charge in [0.1, 0.15) is 5.01 Å². The number of aromatic carboxylic acids is 1. The lowest BCUT2D eigenvalue weighted by atomic mass is 10.2. The average molecular weight is 248 g/mol. The smallest absolute Gasteiger partial charge is 0.355 e. The summed E-state index contributed by atoms with van der Waals surface area (Å²) >= 11 is 1.33. The van der Waals surface area contributed by atoms with Crippen LogP contribution in [0.1, 0.15) is 20.9 Å². The molecule has 2 rings (SSSR count). The molecular weight excluding hydrogens is 236 g/mol. The monoisotopic (exact) mass is 248 g/mol. The van der Waals surface area contributed by atoms with E-state index in [4.69, 9.17) is 10.8 Å². The van der Waals surface area contributed by atoms with E-state index >= 15 is 0 Å². The van der Waals surface area contributed by atoms with Crippen molar-refractivity contribution in [3.8, 4) is 10.6 Å². The van der Waals surface area contributed by atoms with Crippen LogP contribution in [0.3, 0.4) is 0 Å². The minimum Gasteiger partial charge on any atom is -0.476 e. The largest absolute Gasteiger partial charge is 0.476 e. The Morgan fingerprint density at radius 3 is 2.53 bits per heavy atom. The van der Waals surface area contributed by atoms with Crippen LogP contribution in [0.2, 0.25) is 0 Å². The number of hydrogen-bond acceptors (Lipinski definition) is 4. The maximum Gasteiger partial charge on any atom is 0.355 e. The molecule has 0 aliphatic rings. The molecule has 1 heterocycles. The van der Waals surface area contributed by atoms with E-state index in [2.05, 4.69) is 4.98 Å². The molecule has 0 saturated carbocycles. The van der Waals surface area contributed by atoms with Gasteiger partial charge >= 0.3 is 5.97 Å².